The van der Waals surface area contributed by atoms with Crippen LogP contribution < -0.4 is 5.32 Å². The molecule has 20 heavy (non-hydrogen) atoms. The van der Waals surface area contributed by atoms with Crippen LogP contribution in [0.3, 0.4) is 0 Å². The number of rotatable bonds is 3. The van der Waals surface area contributed by atoms with Crippen LogP contribution in [-0.4, -0.2) is 21.3 Å². The van der Waals surface area contributed by atoms with Gasteiger partial charge in [-0.1, -0.05) is 6.42 Å². The van der Waals surface area contributed by atoms with Crippen LogP contribution in [0.15, 0.2) is 0 Å². The Hall–Kier alpha value is -0.900. The quantitative estimate of drug-likeness (QED) is 0.918. The maximum absolute atomic E-state index is 4.58. The van der Waals surface area contributed by atoms with Crippen molar-refractivity contribution < 1.29 is 0 Å². The highest BCUT2D eigenvalue weighted by molar-refractivity contribution is 5.10. The van der Waals surface area contributed by atoms with Crippen LogP contribution in [0.5, 0.6) is 0 Å². The lowest BCUT2D eigenvalue weighted by Gasteiger charge is -2.26. The Morgan fingerprint density at radius 2 is 1.95 bits per heavy atom. The van der Waals surface area contributed by atoms with Gasteiger partial charge >= 0.3 is 0 Å². The van der Waals surface area contributed by atoms with E-state index in [0.29, 0.717) is 6.04 Å². The molecule has 0 saturated heterocycles. The van der Waals surface area contributed by atoms with E-state index in [9.17, 15) is 0 Å². The van der Waals surface area contributed by atoms with E-state index >= 15 is 0 Å². The van der Waals surface area contributed by atoms with Crippen molar-refractivity contribution in [3.05, 3.63) is 11.6 Å². The molecule has 2 bridgehead atoms. The largest absolute Gasteiger partial charge is 0.312 e. The Bertz CT molecular complexity index is 519. The molecule has 4 heteroatoms. The first-order valence-corrected chi connectivity index (χ1v) is 8.54. The average Bonchev–Trinajstić information content (AvgIpc) is 2.91. The molecule has 4 unspecified atom stereocenters. The molecular weight excluding hydrogens is 248 g/mol. The van der Waals surface area contributed by atoms with Gasteiger partial charge in [0.15, 0.2) is 5.82 Å². The minimum absolute atomic E-state index is 0.491. The molecule has 3 aliphatic carbocycles. The smallest absolute Gasteiger partial charge is 0.150 e. The highest BCUT2D eigenvalue weighted by Crippen LogP contribution is 2.49. The minimum atomic E-state index is 0.491. The summed E-state index contributed by atoms with van der Waals surface area (Å²) in [5, 5.41) is 12.8. The van der Waals surface area contributed by atoms with Gasteiger partial charge in [-0.3, -0.25) is 0 Å². The lowest BCUT2D eigenvalue weighted by Crippen LogP contribution is -2.35. The normalized spacial score (nSPS) is 39.2. The second-order valence-corrected chi connectivity index (χ2v) is 7.53. The molecule has 0 radical (unpaired) electrons. The molecule has 1 aromatic heterocycles. The fourth-order valence-electron chi connectivity index (χ4n) is 5.07. The Kier molecular flexibility index (Phi) is 2.52. The molecule has 0 amide bonds. The van der Waals surface area contributed by atoms with Gasteiger partial charge in [0.2, 0.25) is 0 Å². The van der Waals surface area contributed by atoms with E-state index in [1.165, 1.54) is 56.6 Å². The molecule has 3 saturated carbocycles. The van der Waals surface area contributed by atoms with Crippen LogP contribution in [-0.2, 0) is 13.0 Å². The van der Waals surface area contributed by atoms with Crippen molar-refractivity contribution in [3.63, 3.8) is 0 Å². The lowest BCUT2D eigenvalue weighted by atomic mass is 9.86. The van der Waals surface area contributed by atoms with Crippen LogP contribution in [0.4, 0.5) is 0 Å². The van der Waals surface area contributed by atoms with Gasteiger partial charge in [-0.2, -0.15) is 0 Å². The zero-order valence-corrected chi connectivity index (χ0v) is 12.1. The summed E-state index contributed by atoms with van der Waals surface area (Å²) in [5.74, 6) is 6.27. The summed E-state index contributed by atoms with van der Waals surface area (Å²) in [6.45, 7) is 2.16. The number of nitrogens with zero attached hydrogens (tertiary/aromatic N) is 3. The Labute approximate surface area is 120 Å². The first kappa shape index (κ1) is 11.7. The minimum Gasteiger partial charge on any atom is -0.312 e. The molecule has 5 rings (SSSR count). The van der Waals surface area contributed by atoms with Crippen LogP contribution in [0.1, 0.15) is 56.2 Å². The van der Waals surface area contributed by atoms with Crippen molar-refractivity contribution in [2.24, 2.45) is 23.7 Å². The van der Waals surface area contributed by atoms with E-state index in [1.54, 1.807) is 0 Å². The monoisotopic (exact) mass is 272 g/mol. The van der Waals surface area contributed by atoms with Gasteiger partial charge in [0.1, 0.15) is 5.82 Å². The highest BCUT2D eigenvalue weighted by atomic mass is 15.3. The molecule has 4 atom stereocenters. The second-order valence-electron chi connectivity index (χ2n) is 7.53. The van der Waals surface area contributed by atoms with Crippen LogP contribution in [0, 0.1) is 23.7 Å². The van der Waals surface area contributed by atoms with Crippen molar-refractivity contribution in [3.8, 4) is 0 Å². The van der Waals surface area contributed by atoms with Crippen molar-refractivity contribution in [1.29, 1.82) is 0 Å². The summed E-state index contributed by atoms with van der Waals surface area (Å²) in [5.41, 5.74) is 0. The molecule has 1 aromatic rings. The average molecular weight is 272 g/mol. The van der Waals surface area contributed by atoms with Crippen molar-refractivity contribution in [1.82, 2.24) is 20.1 Å². The van der Waals surface area contributed by atoms with Crippen molar-refractivity contribution in [2.75, 3.05) is 6.54 Å². The van der Waals surface area contributed by atoms with E-state index in [4.69, 9.17) is 0 Å². The zero-order chi connectivity index (χ0) is 13.1. The van der Waals surface area contributed by atoms with Crippen LogP contribution in [0.2, 0.25) is 0 Å². The number of fused-ring (bicyclic) bond motifs is 3. The number of hydrogen-bond acceptors (Lipinski definition) is 3. The number of aromatic nitrogens is 3. The molecule has 108 valence electrons. The number of nitrogens with one attached hydrogen (secondary N) is 1. The predicted molar refractivity (Wildman–Crippen MR) is 76.1 cm³/mol. The first-order valence-electron chi connectivity index (χ1n) is 8.54. The van der Waals surface area contributed by atoms with Crippen molar-refractivity contribution >= 4 is 0 Å². The third-order valence-electron chi connectivity index (χ3n) is 6.26. The van der Waals surface area contributed by atoms with Gasteiger partial charge in [0, 0.05) is 19.5 Å². The molecule has 1 aliphatic heterocycles. The van der Waals surface area contributed by atoms with E-state index in [-0.39, 0.29) is 0 Å². The van der Waals surface area contributed by atoms with E-state index in [0.717, 1.165) is 36.8 Å². The van der Waals surface area contributed by atoms with Gasteiger partial charge < -0.3 is 9.88 Å². The molecule has 4 aliphatic rings. The molecule has 2 heterocycles. The van der Waals surface area contributed by atoms with E-state index in [1.807, 2.05) is 0 Å². The zero-order valence-electron chi connectivity index (χ0n) is 12.1. The molecule has 1 N–H and O–H groups in total. The van der Waals surface area contributed by atoms with Crippen LogP contribution in [0.25, 0.3) is 0 Å². The number of hydrogen-bond donors (Lipinski definition) is 1. The third-order valence-corrected chi connectivity index (χ3v) is 6.26. The van der Waals surface area contributed by atoms with Crippen LogP contribution >= 0.6 is 0 Å². The SMILES string of the molecule is C1Cn2c(CC3CC4CCC3C4)nnc2C(C2CC2)N1. The molecule has 4 nitrogen and oxygen atoms in total. The van der Waals surface area contributed by atoms with Gasteiger partial charge in [-0.15, -0.1) is 10.2 Å². The Morgan fingerprint density at radius 3 is 2.70 bits per heavy atom. The van der Waals surface area contributed by atoms with E-state index in [2.05, 4.69) is 20.1 Å². The maximum Gasteiger partial charge on any atom is 0.150 e. The summed E-state index contributed by atoms with van der Waals surface area (Å²) in [4.78, 5) is 0. The topological polar surface area (TPSA) is 42.7 Å². The third kappa shape index (κ3) is 1.77. The summed E-state index contributed by atoms with van der Waals surface area (Å²) in [6.07, 6.45) is 9.84. The summed E-state index contributed by atoms with van der Waals surface area (Å²) < 4.78 is 2.45. The molecular formula is C16H24N4. The van der Waals surface area contributed by atoms with Gasteiger partial charge in [-0.25, -0.2) is 0 Å². The summed E-state index contributed by atoms with van der Waals surface area (Å²) in [6, 6.07) is 0.491. The predicted octanol–water partition coefficient (Wildman–Crippen LogP) is 2.31. The summed E-state index contributed by atoms with van der Waals surface area (Å²) >= 11 is 0. The van der Waals surface area contributed by atoms with Gasteiger partial charge in [-0.05, 0) is 55.8 Å². The summed E-state index contributed by atoms with van der Waals surface area (Å²) in [7, 11) is 0. The highest BCUT2D eigenvalue weighted by Gasteiger charge is 2.41. The molecule has 0 spiro atoms. The Morgan fingerprint density at radius 1 is 1.05 bits per heavy atom. The fourth-order valence-corrected chi connectivity index (χ4v) is 5.07. The van der Waals surface area contributed by atoms with Gasteiger partial charge in [0.25, 0.3) is 0 Å². The standard InChI is InChI=1S/C16H24N4/c1-2-12-7-10(1)8-13(12)9-14-18-19-16-15(11-3-4-11)17-5-6-20(14)16/h10-13,15,17H,1-9H2. The van der Waals surface area contributed by atoms with Gasteiger partial charge in [0.05, 0.1) is 6.04 Å². The Balaban J connectivity index is 1.39. The molecule has 0 aromatic carbocycles. The molecule has 3 fully saturated rings. The first-order chi connectivity index (χ1) is 9.88. The van der Waals surface area contributed by atoms with Crippen molar-refractivity contribution in [2.45, 2.75) is 57.5 Å². The van der Waals surface area contributed by atoms with E-state index < -0.39 is 0 Å². The lowest BCUT2D eigenvalue weighted by molar-refractivity contribution is 0.317. The maximum atomic E-state index is 4.58. The fraction of sp³-hybridized carbons (Fsp3) is 0.875. The second kappa shape index (κ2) is 4.30.